The van der Waals surface area contributed by atoms with Gasteiger partial charge in [-0.05, 0) is 85.3 Å². The molecule has 0 aliphatic rings. The molecule has 0 fully saturated rings. The van der Waals surface area contributed by atoms with Crippen LogP contribution in [0.4, 0.5) is 27.1 Å². The number of phenolic OH excluding ortho intramolecular Hbond substituents is 1. The predicted molar refractivity (Wildman–Crippen MR) is 240 cm³/mol. The lowest BCUT2D eigenvalue weighted by Crippen LogP contribution is -2.32. The van der Waals surface area contributed by atoms with Gasteiger partial charge in [0.15, 0.2) is 34.2 Å². The molecule has 0 aliphatic carbocycles. The summed E-state index contributed by atoms with van der Waals surface area (Å²) < 4.78 is 29.2. The highest BCUT2D eigenvalue weighted by Crippen LogP contribution is 2.40. The van der Waals surface area contributed by atoms with E-state index in [0.29, 0.717) is 0 Å². The first-order chi connectivity index (χ1) is 32.6. The van der Waals surface area contributed by atoms with Crippen LogP contribution in [0.1, 0.15) is 64.7 Å². The number of H-pyrrole nitrogens is 1. The number of carbonyl (C=O) groups excluding carboxylic acids is 5. The van der Waals surface area contributed by atoms with Crippen LogP contribution in [0, 0.1) is 5.82 Å². The average molecular weight is 932 g/mol. The highest BCUT2D eigenvalue weighted by Gasteiger charge is 2.24. The van der Waals surface area contributed by atoms with Gasteiger partial charge in [-0.15, -0.1) is 0 Å². The number of ether oxygens (including phenoxy) is 2. The standard InChI is InChI=1S/C41H31FN6O13.C4H7N3/c1-59-35-27(12-9-23(33(35)51)38(54)47-26-13-10-24(41(57)58)34(52)36(26)60-2)48-39(55)28-11-8-22(17-43-28)45-32(50)18-44-37(53)19-3-6-21(7-4-19)46-40(56)31-16-29(49)25-15-20(42)5-14-30(25)61-31;1-2-4-3-5-7-6-4/h3-17,51-52H,18H2,1-2H3,(H,44,53)(H,45,50)(H,46,56)(H,47,54)(H,48,55)(H,57,58);3H,2H2,1H3,(H,5,6,7). The number of fused-ring (bicyclic) bond motifs is 1. The first kappa shape index (κ1) is 47.8. The van der Waals surface area contributed by atoms with E-state index in [-0.39, 0.29) is 67.8 Å². The number of aromatic hydroxyl groups is 2. The molecule has 4 aromatic carbocycles. The number of carbonyl (C=O) groups is 6. The summed E-state index contributed by atoms with van der Waals surface area (Å²) in [5, 5.41) is 52.7. The summed E-state index contributed by atoms with van der Waals surface area (Å²) in [5.74, 6) is -8.06. The van der Waals surface area contributed by atoms with Gasteiger partial charge in [0.05, 0.1) is 66.9 Å². The van der Waals surface area contributed by atoms with Gasteiger partial charge in [0.1, 0.15) is 22.7 Å². The van der Waals surface area contributed by atoms with E-state index in [9.17, 15) is 53.3 Å². The number of pyridine rings is 1. The molecule has 7 aromatic rings. The van der Waals surface area contributed by atoms with Gasteiger partial charge in [-0.25, -0.2) is 14.2 Å². The minimum Gasteiger partial charge on any atom is -0.504 e. The van der Waals surface area contributed by atoms with E-state index in [4.69, 9.17) is 13.9 Å². The maximum absolute atomic E-state index is 13.5. The molecule has 0 saturated heterocycles. The minimum absolute atomic E-state index is 0.0212. The van der Waals surface area contributed by atoms with Crippen molar-refractivity contribution in [2.24, 2.45) is 0 Å². The van der Waals surface area contributed by atoms with Crippen LogP contribution in [-0.2, 0) is 11.2 Å². The molecule has 0 atom stereocenters. The summed E-state index contributed by atoms with van der Waals surface area (Å²) in [6.45, 7) is 1.59. The molecule has 7 rings (SSSR count). The number of aromatic carboxylic acids is 1. The van der Waals surface area contributed by atoms with Crippen LogP contribution in [0.25, 0.3) is 11.0 Å². The highest BCUT2D eigenvalue weighted by atomic mass is 19.1. The number of nitrogens with zero attached hydrogens (tertiary/aromatic N) is 3. The first-order valence-corrected chi connectivity index (χ1v) is 19.8. The number of halogens is 1. The normalized spacial score (nSPS) is 10.5. The van der Waals surface area contributed by atoms with Gasteiger partial charge in [-0.1, -0.05) is 6.92 Å². The third-order valence-electron chi connectivity index (χ3n) is 9.48. The molecule has 348 valence electrons. The average Bonchev–Trinajstić information content (AvgIpc) is 3.86. The Morgan fingerprint density at radius 3 is 1.96 bits per heavy atom. The number of hydrogen-bond donors (Lipinski definition) is 9. The van der Waals surface area contributed by atoms with E-state index in [0.717, 1.165) is 43.5 Å². The number of benzene rings is 4. The lowest BCUT2D eigenvalue weighted by Gasteiger charge is -2.16. The van der Waals surface area contributed by atoms with Crippen LogP contribution < -0.4 is 41.5 Å². The molecule has 0 unspecified atom stereocenters. The smallest absolute Gasteiger partial charge is 0.339 e. The Bertz CT molecular complexity index is 3110. The zero-order valence-corrected chi connectivity index (χ0v) is 35.8. The van der Waals surface area contributed by atoms with Gasteiger partial charge >= 0.3 is 5.97 Å². The Morgan fingerprint density at radius 1 is 0.721 bits per heavy atom. The number of phenols is 2. The number of carboxylic acids is 1. The number of anilines is 4. The fourth-order valence-electron chi connectivity index (χ4n) is 6.09. The van der Waals surface area contributed by atoms with Crippen molar-refractivity contribution in [3.63, 3.8) is 0 Å². The number of hydrogen-bond acceptors (Lipinski definition) is 15. The molecule has 0 aliphatic heterocycles. The van der Waals surface area contributed by atoms with Crippen molar-refractivity contribution < 1.29 is 62.4 Å². The van der Waals surface area contributed by atoms with Crippen molar-refractivity contribution in [3.8, 4) is 23.0 Å². The van der Waals surface area contributed by atoms with Gasteiger partial charge in [0, 0.05) is 17.3 Å². The van der Waals surface area contributed by atoms with Gasteiger partial charge in [-0.2, -0.15) is 15.4 Å². The molecule has 3 aromatic heterocycles. The molecule has 23 heteroatoms. The number of carboxylic acid groups (broad SMARTS) is 1. The summed E-state index contributed by atoms with van der Waals surface area (Å²) in [6, 6.07) is 17.2. The second-order valence-corrected chi connectivity index (χ2v) is 13.9. The summed E-state index contributed by atoms with van der Waals surface area (Å²) in [4.78, 5) is 91.7. The van der Waals surface area contributed by atoms with Crippen molar-refractivity contribution in [1.29, 1.82) is 0 Å². The van der Waals surface area contributed by atoms with Crippen molar-refractivity contribution in [1.82, 2.24) is 25.7 Å². The SMILES string of the molecule is CCc1cn[nH]n1.COc1c(NC(=O)c2ccc(NC(=O)c3ccc(NC(=O)CNC(=O)c4ccc(NC(=O)c5cc(=O)c6cc(F)ccc6o5)cc4)cn3)c(OC)c2O)ccc(C(=O)O)c1O. The Hall–Kier alpha value is -9.67. The molecule has 0 radical (unpaired) electrons. The van der Waals surface area contributed by atoms with Gasteiger partial charge in [0.25, 0.3) is 23.6 Å². The molecule has 22 nitrogen and oxygen atoms in total. The van der Waals surface area contributed by atoms with Crippen molar-refractivity contribution in [2.75, 3.05) is 42.0 Å². The first-order valence-electron chi connectivity index (χ1n) is 19.8. The molecule has 5 amide bonds. The Morgan fingerprint density at radius 2 is 1.37 bits per heavy atom. The van der Waals surface area contributed by atoms with E-state index >= 15 is 0 Å². The van der Waals surface area contributed by atoms with Crippen LogP contribution >= 0.6 is 0 Å². The number of aromatic nitrogens is 4. The maximum Gasteiger partial charge on any atom is 0.339 e. The van der Waals surface area contributed by atoms with Gasteiger partial charge < -0.3 is 55.8 Å². The number of methoxy groups -OCH3 is 2. The molecule has 0 bridgehead atoms. The summed E-state index contributed by atoms with van der Waals surface area (Å²) in [5.41, 5.74) is -0.0299. The zero-order chi connectivity index (χ0) is 49.1. The second-order valence-electron chi connectivity index (χ2n) is 13.9. The monoisotopic (exact) mass is 931 g/mol. The van der Waals surface area contributed by atoms with E-state index in [2.05, 4.69) is 47.0 Å². The summed E-state index contributed by atoms with van der Waals surface area (Å²) in [6.07, 6.45) is 3.86. The van der Waals surface area contributed by atoms with Crippen LogP contribution in [0.5, 0.6) is 23.0 Å². The fourth-order valence-corrected chi connectivity index (χ4v) is 6.09. The second kappa shape index (κ2) is 21.3. The van der Waals surface area contributed by atoms with E-state index < -0.39 is 70.4 Å². The van der Waals surface area contributed by atoms with Crippen molar-refractivity contribution >= 4 is 69.2 Å². The molecule has 68 heavy (non-hydrogen) atoms. The zero-order valence-electron chi connectivity index (χ0n) is 35.8. The quantitative estimate of drug-likeness (QED) is 0.0697. The Labute approximate surface area is 382 Å². The topological polar surface area (TPSA) is 326 Å². The van der Waals surface area contributed by atoms with Crippen LogP contribution in [0.2, 0.25) is 0 Å². The number of aromatic amines is 1. The molecule has 0 spiro atoms. The van der Waals surface area contributed by atoms with Gasteiger partial charge in [0.2, 0.25) is 5.91 Å². The molecule has 9 N–H and O–H groups in total. The Balaban J connectivity index is 0.000000995. The minimum atomic E-state index is -1.43. The largest absolute Gasteiger partial charge is 0.504 e. The Kier molecular flexibility index (Phi) is 15.0. The third kappa shape index (κ3) is 11.3. The van der Waals surface area contributed by atoms with E-state index in [1.54, 1.807) is 6.20 Å². The number of aryl methyl sites for hydroxylation is 1. The third-order valence-corrected chi connectivity index (χ3v) is 9.48. The molecule has 0 saturated carbocycles. The lowest BCUT2D eigenvalue weighted by atomic mass is 10.1. The lowest BCUT2D eigenvalue weighted by molar-refractivity contribution is -0.115. The van der Waals surface area contributed by atoms with Gasteiger partial charge in [-0.3, -0.25) is 28.8 Å². The van der Waals surface area contributed by atoms with E-state index in [1.165, 1.54) is 74.0 Å². The van der Waals surface area contributed by atoms with Crippen molar-refractivity contribution in [3.05, 3.63) is 147 Å². The fraction of sp³-hybridized carbons (Fsp3) is 0.111. The molecular formula is C45H38FN9O13. The van der Waals surface area contributed by atoms with E-state index in [1.807, 2.05) is 6.92 Å². The van der Waals surface area contributed by atoms with Crippen LogP contribution in [-0.4, -0.2) is 92.0 Å². The summed E-state index contributed by atoms with van der Waals surface area (Å²) in [7, 11) is 2.33. The van der Waals surface area contributed by atoms with Crippen LogP contribution in [0.15, 0.2) is 107 Å². The summed E-state index contributed by atoms with van der Waals surface area (Å²) >= 11 is 0. The number of amides is 5. The highest BCUT2D eigenvalue weighted by molar-refractivity contribution is 6.10. The number of nitrogens with one attached hydrogen (secondary N) is 6. The molecular weight excluding hydrogens is 894 g/mol. The van der Waals surface area contributed by atoms with Crippen molar-refractivity contribution in [2.45, 2.75) is 13.3 Å². The molecule has 3 heterocycles. The maximum atomic E-state index is 13.5. The predicted octanol–water partition coefficient (Wildman–Crippen LogP) is 4.95. The van der Waals surface area contributed by atoms with Crippen LogP contribution in [0.3, 0.4) is 0 Å². The number of rotatable bonds is 14.